The van der Waals surface area contributed by atoms with E-state index in [2.05, 4.69) is 0 Å². The van der Waals surface area contributed by atoms with E-state index < -0.39 is 10.0 Å². The highest BCUT2D eigenvalue weighted by Gasteiger charge is 2.28. The summed E-state index contributed by atoms with van der Waals surface area (Å²) in [6.45, 7) is 0.695. The normalized spacial score (nSPS) is 14.8. The zero-order valence-electron chi connectivity index (χ0n) is 15.2. The molecule has 3 rings (SSSR count). The molecule has 0 radical (unpaired) electrons. The molecule has 0 unspecified atom stereocenters. The first-order chi connectivity index (χ1) is 12.8. The van der Waals surface area contributed by atoms with E-state index in [1.165, 1.54) is 30.6 Å². The van der Waals surface area contributed by atoms with E-state index in [4.69, 9.17) is 16.3 Å². The van der Waals surface area contributed by atoms with Crippen LogP contribution in [-0.4, -0.2) is 39.3 Å². The molecule has 0 spiro atoms. The Bertz CT molecular complexity index is 962. The Morgan fingerprint density at radius 1 is 1.22 bits per heavy atom. The topological polar surface area (TPSA) is 66.9 Å². The van der Waals surface area contributed by atoms with Gasteiger partial charge in [0, 0.05) is 31.6 Å². The number of sulfonamides is 1. The molecular formula is C19H21ClN2O4S. The highest BCUT2D eigenvalue weighted by Crippen LogP contribution is 2.34. The molecule has 1 aliphatic heterocycles. The third-order valence-electron chi connectivity index (χ3n) is 4.57. The molecule has 27 heavy (non-hydrogen) atoms. The second-order valence-electron chi connectivity index (χ2n) is 6.34. The van der Waals surface area contributed by atoms with Crippen LogP contribution in [0.2, 0.25) is 5.02 Å². The molecule has 0 saturated carbocycles. The van der Waals surface area contributed by atoms with Gasteiger partial charge in [-0.3, -0.25) is 4.79 Å². The average Bonchev–Trinajstić information content (AvgIpc) is 3.08. The highest BCUT2D eigenvalue weighted by atomic mass is 35.5. The van der Waals surface area contributed by atoms with E-state index in [0.29, 0.717) is 35.0 Å². The van der Waals surface area contributed by atoms with Crippen molar-refractivity contribution in [2.75, 3.05) is 25.6 Å². The van der Waals surface area contributed by atoms with Gasteiger partial charge in [0.25, 0.3) is 0 Å². The van der Waals surface area contributed by atoms with Crippen LogP contribution in [0.4, 0.5) is 5.69 Å². The van der Waals surface area contributed by atoms with Crippen LogP contribution in [0.5, 0.6) is 5.75 Å². The van der Waals surface area contributed by atoms with Crippen LogP contribution in [0.15, 0.2) is 47.4 Å². The SMILES string of the molecule is COc1ccc(S(=O)(=O)N(C)Cc2ccccc2Cl)cc1N1CCCC1=O. The van der Waals surface area contributed by atoms with E-state index in [9.17, 15) is 13.2 Å². The van der Waals surface area contributed by atoms with Gasteiger partial charge in [0.2, 0.25) is 15.9 Å². The number of hydrogen-bond donors (Lipinski definition) is 0. The van der Waals surface area contributed by atoms with Gasteiger partial charge in [0.1, 0.15) is 5.75 Å². The lowest BCUT2D eigenvalue weighted by Gasteiger charge is -2.22. The zero-order chi connectivity index (χ0) is 19.6. The number of rotatable bonds is 6. The van der Waals surface area contributed by atoms with E-state index in [1.807, 2.05) is 6.07 Å². The first kappa shape index (κ1) is 19.7. The summed E-state index contributed by atoms with van der Waals surface area (Å²) in [6.07, 6.45) is 1.19. The van der Waals surface area contributed by atoms with Crippen LogP contribution < -0.4 is 9.64 Å². The van der Waals surface area contributed by atoms with Crippen LogP contribution >= 0.6 is 11.6 Å². The standard InChI is InChI=1S/C19H21ClN2O4S/c1-21(13-14-6-3-4-7-16(14)20)27(24,25)15-9-10-18(26-2)17(12-15)22-11-5-8-19(22)23/h3-4,6-7,9-10,12H,5,8,11,13H2,1-2H3. The molecule has 0 bridgehead atoms. The van der Waals surface area contributed by atoms with Crippen molar-refractivity contribution < 1.29 is 17.9 Å². The minimum atomic E-state index is -3.77. The van der Waals surface area contributed by atoms with Crippen molar-refractivity contribution in [2.45, 2.75) is 24.3 Å². The van der Waals surface area contributed by atoms with Crippen molar-refractivity contribution in [3.8, 4) is 5.75 Å². The minimum Gasteiger partial charge on any atom is -0.495 e. The number of carbonyl (C=O) groups excluding carboxylic acids is 1. The fourth-order valence-corrected chi connectivity index (χ4v) is 4.44. The van der Waals surface area contributed by atoms with Crippen molar-refractivity contribution in [3.05, 3.63) is 53.1 Å². The maximum Gasteiger partial charge on any atom is 0.243 e. The van der Waals surface area contributed by atoms with Crippen molar-refractivity contribution in [1.29, 1.82) is 0 Å². The highest BCUT2D eigenvalue weighted by molar-refractivity contribution is 7.89. The predicted molar refractivity (Wildman–Crippen MR) is 105 cm³/mol. The van der Waals surface area contributed by atoms with E-state index in [-0.39, 0.29) is 17.3 Å². The number of anilines is 1. The molecule has 2 aromatic carbocycles. The summed E-state index contributed by atoms with van der Waals surface area (Å²) in [4.78, 5) is 13.8. The minimum absolute atomic E-state index is 0.0349. The summed E-state index contributed by atoms with van der Waals surface area (Å²) < 4.78 is 32.6. The van der Waals surface area contributed by atoms with Crippen molar-refractivity contribution in [3.63, 3.8) is 0 Å². The maximum absolute atomic E-state index is 13.0. The molecule has 144 valence electrons. The van der Waals surface area contributed by atoms with Gasteiger partial charge in [-0.2, -0.15) is 4.31 Å². The Morgan fingerprint density at radius 3 is 2.59 bits per heavy atom. The second kappa shape index (κ2) is 7.88. The summed E-state index contributed by atoms with van der Waals surface area (Å²) >= 11 is 6.15. The lowest BCUT2D eigenvalue weighted by molar-refractivity contribution is -0.117. The molecule has 0 atom stereocenters. The van der Waals surface area contributed by atoms with Crippen molar-refractivity contribution in [2.24, 2.45) is 0 Å². The number of benzene rings is 2. The Hall–Kier alpha value is -2.09. The van der Waals surface area contributed by atoms with Gasteiger partial charge < -0.3 is 9.64 Å². The molecule has 0 aromatic heterocycles. The number of halogens is 1. The quantitative estimate of drug-likeness (QED) is 0.735. The molecule has 1 saturated heterocycles. The van der Waals surface area contributed by atoms with Crippen LogP contribution in [0.3, 0.4) is 0 Å². The second-order valence-corrected chi connectivity index (χ2v) is 8.79. The summed E-state index contributed by atoms with van der Waals surface area (Å²) in [5, 5.41) is 0.512. The summed E-state index contributed by atoms with van der Waals surface area (Å²) in [5.41, 5.74) is 1.20. The lowest BCUT2D eigenvalue weighted by Crippen LogP contribution is -2.28. The van der Waals surface area contributed by atoms with Crippen LogP contribution in [-0.2, 0) is 21.4 Å². The molecule has 6 nitrogen and oxygen atoms in total. The molecule has 1 heterocycles. The molecular weight excluding hydrogens is 388 g/mol. The Labute approximate surface area is 164 Å². The summed E-state index contributed by atoms with van der Waals surface area (Å²) in [7, 11) is -0.767. The summed E-state index contributed by atoms with van der Waals surface area (Å²) in [6, 6.07) is 11.7. The first-order valence-corrected chi connectivity index (χ1v) is 10.3. The monoisotopic (exact) mass is 408 g/mol. The van der Waals surface area contributed by atoms with Crippen LogP contribution in [0, 0.1) is 0 Å². The Morgan fingerprint density at radius 2 is 1.96 bits per heavy atom. The van der Waals surface area contributed by atoms with Crippen molar-refractivity contribution >= 4 is 33.2 Å². The molecule has 0 N–H and O–H groups in total. The maximum atomic E-state index is 13.0. The first-order valence-electron chi connectivity index (χ1n) is 8.52. The third kappa shape index (κ3) is 3.95. The summed E-state index contributed by atoms with van der Waals surface area (Å²) in [5.74, 6) is 0.435. The largest absolute Gasteiger partial charge is 0.495 e. The van der Waals surface area contributed by atoms with E-state index in [1.54, 1.807) is 29.2 Å². The smallest absolute Gasteiger partial charge is 0.243 e. The fraction of sp³-hybridized carbons (Fsp3) is 0.316. The molecule has 1 fully saturated rings. The van der Waals surface area contributed by atoms with Gasteiger partial charge >= 0.3 is 0 Å². The third-order valence-corrected chi connectivity index (χ3v) is 6.74. The number of carbonyl (C=O) groups is 1. The number of hydrogen-bond acceptors (Lipinski definition) is 4. The number of amides is 1. The van der Waals surface area contributed by atoms with Gasteiger partial charge in [0.05, 0.1) is 17.7 Å². The molecule has 1 aliphatic rings. The lowest BCUT2D eigenvalue weighted by atomic mass is 10.2. The van der Waals surface area contributed by atoms with Gasteiger partial charge in [-0.15, -0.1) is 0 Å². The molecule has 0 aliphatic carbocycles. The number of nitrogens with zero attached hydrogens (tertiary/aromatic N) is 2. The average molecular weight is 409 g/mol. The molecule has 2 aromatic rings. The van der Waals surface area contributed by atoms with Crippen LogP contribution in [0.1, 0.15) is 18.4 Å². The van der Waals surface area contributed by atoms with Gasteiger partial charge in [-0.25, -0.2) is 8.42 Å². The van der Waals surface area contributed by atoms with E-state index in [0.717, 1.165) is 6.42 Å². The fourth-order valence-electron chi connectivity index (χ4n) is 3.08. The molecule has 8 heteroatoms. The Kier molecular flexibility index (Phi) is 5.74. The number of ether oxygens (including phenoxy) is 1. The number of methoxy groups -OCH3 is 1. The van der Waals surface area contributed by atoms with Crippen LogP contribution in [0.25, 0.3) is 0 Å². The van der Waals surface area contributed by atoms with Gasteiger partial charge in [-0.05, 0) is 36.2 Å². The predicted octanol–water partition coefficient (Wildman–Crippen LogP) is 3.30. The Balaban J connectivity index is 1.94. The van der Waals surface area contributed by atoms with Gasteiger partial charge in [-0.1, -0.05) is 29.8 Å². The van der Waals surface area contributed by atoms with Gasteiger partial charge in [0.15, 0.2) is 0 Å². The molecule has 1 amide bonds. The van der Waals surface area contributed by atoms with Crippen molar-refractivity contribution in [1.82, 2.24) is 4.31 Å². The van der Waals surface area contributed by atoms with E-state index >= 15 is 0 Å². The zero-order valence-corrected chi connectivity index (χ0v) is 16.8.